The number of nitrogens with one attached hydrogen (secondary N) is 1. The lowest BCUT2D eigenvalue weighted by Gasteiger charge is -2.10. The van der Waals surface area contributed by atoms with Crippen LogP contribution in [-0.2, 0) is 0 Å². The molecule has 0 amide bonds. The summed E-state index contributed by atoms with van der Waals surface area (Å²) in [5.41, 5.74) is 8.85. The number of pyridine rings is 1. The molecule has 1 aromatic rings. The van der Waals surface area contributed by atoms with E-state index in [1.165, 1.54) is 7.11 Å². The van der Waals surface area contributed by atoms with Gasteiger partial charge in [0.2, 0.25) is 5.88 Å². The van der Waals surface area contributed by atoms with Crippen molar-refractivity contribution >= 4 is 0 Å². The second-order valence-electron chi connectivity index (χ2n) is 3.10. The van der Waals surface area contributed by atoms with Gasteiger partial charge >= 0.3 is 0 Å². The molecule has 0 aliphatic carbocycles. The van der Waals surface area contributed by atoms with E-state index in [1.54, 1.807) is 18.3 Å². The maximum absolute atomic E-state index is 8.99. The Bertz CT molecular complexity index is 431. The van der Waals surface area contributed by atoms with Crippen molar-refractivity contribution in [3.8, 4) is 11.9 Å². The molecule has 0 aliphatic rings. The number of methoxy groups -OCH3 is 1. The third-order valence-corrected chi connectivity index (χ3v) is 2.05. The van der Waals surface area contributed by atoms with Crippen molar-refractivity contribution in [3.05, 3.63) is 34.3 Å². The van der Waals surface area contributed by atoms with Gasteiger partial charge in [0.25, 0.3) is 0 Å². The zero-order valence-corrected chi connectivity index (χ0v) is 9.37. The minimum absolute atomic E-state index is 0.304. The summed E-state index contributed by atoms with van der Waals surface area (Å²) in [7, 11) is 1.53. The fraction of sp³-hybridized carbons (Fsp3) is 0.400. The second kappa shape index (κ2) is 7.06. The molecule has 0 fully saturated rings. The molecule has 1 unspecified atom stereocenters. The highest BCUT2D eigenvalue weighted by molar-refractivity contribution is 5.24. The van der Waals surface area contributed by atoms with E-state index >= 15 is 0 Å². The van der Waals surface area contributed by atoms with E-state index in [-0.39, 0.29) is 0 Å². The Hall–Kier alpha value is -2.29. The molecular formula is C10H12N6O. The topological polar surface area (TPSA) is 107 Å². The van der Waals surface area contributed by atoms with Crippen LogP contribution in [-0.4, -0.2) is 25.2 Å². The van der Waals surface area contributed by atoms with Gasteiger partial charge in [-0.2, -0.15) is 5.26 Å². The van der Waals surface area contributed by atoms with Crippen LogP contribution in [0.1, 0.15) is 11.6 Å². The first-order chi connectivity index (χ1) is 8.31. The smallest absolute Gasteiger partial charge is 0.212 e. The van der Waals surface area contributed by atoms with E-state index in [2.05, 4.69) is 26.4 Å². The fourth-order valence-corrected chi connectivity index (χ4v) is 1.22. The summed E-state index contributed by atoms with van der Waals surface area (Å²) >= 11 is 0. The van der Waals surface area contributed by atoms with Gasteiger partial charge < -0.3 is 4.74 Å². The first kappa shape index (κ1) is 12.8. The summed E-state index contributed by atoms with van der Waals surface area (Å²) in [4.78, 5) is 6.64. The average molecular weight is 232 g/mol. The van der Waals surface area contributed by atoms with E-state index in [4.69, 9.17) is 15.5 Å². The van der Waals surface area contributed by atoms with Gasteiger partial charge in [-0.3, -0.25) is 5.32 Å². The summed E-state index contributed by atoms with van der Waals surface area (Å²) in [6, 6.07) is 5.09. The van der Waals surface area contributed by atoms with E-state index in [0.29, 0.717) is 19.0 Å². The molecule has 17 heavy (non-hydrogen) atoms. The number of aromatic nitrogens is 1. The third-order valence-electron chi connectivity index (χ3n) is 2.05. The lowest BCUT2D eigenvalue weighted by atomic mass is 10.1. The number of hydrogen-bond acceptors (Lipinski definition) is 5. The van der Waals surface area contributed by atoms with E-state index in [0.717, 1.165) is 5.56 Å². The zero-order valence-electron chi connectivity index (χ0n) is 9.37. The predicted octanol–water partition coefficient (Wildman–Crippen LogP) is 1.55. The van der Waals surface area contributed by atoms with E-state index in [9.17, 15) is 0 Å². The van der Waals surface area contributed by atoms with Crippen molar-refractivity contribution in [2.75, 3.05) is 20.2 Å². The number of nitriles is 1. The SMILES string of the molecule is COc1ccc(C(C#N)NCCN=[N+]=[N-])cn1. The van der Waals surface area contributed by atoms with Gasteiger partial charge in [0.1, 0.15) is 6.04 Å². The van der Waals surface area contributed by atoms with Gasteiger partial charge in [-0.1, -0.05) is 5.11 Å². The number of hydrogen-bond donors (Lipinski definition) is 1. The largest absolute Gasteiger partial charge is 0.481 e. The molecule has 7 heteroatoms. The molecule has 88 valence electrons. The molecular weight excluding hydrogens is 220 g/mol. The Morgan fingerprint density at radius 3 is 3.06 bits per heavy atom. The lowest BCUT2D eigenvalue weighted by molar-refractivity contribution is 0.397. The summed E-state index contributed by atoms with van der Waals surface area (Å²) in [5, 5.41) is 15.3. The monoisotopic (exact) mass is 232 g/mol. The standard InChI is InChI=1S/C10H12N6O/c1-17-10-3-2-8(7-14-10)9(6-11)13-4-5-15-16-12/h2-3,7,9,13H,4-5H2,1H3. The minimum Gasteiger partial charge on any atom is -0.481 e. The Balaban J connectivity index is 2.60. The van der Waals surface area contributed by atoms with E-state index < -0.39 is 6.04 Å². The first-order valence-corrected chi connectivity index (χ1v) is 4.95. The lowest BCUT2D eigenvalue weighted by Crippen LogP contribution is -2.22. The molecule has 1 aromatic heterocycles. The Morgan fingerprint density at radius 2 is 2.53 bits per heavy atom. The van der Waals surface area contributed by atoms with Gasteiger partial charge in [0.05, 0.1) is 13.2 Å². The number of azide groups is 1. The van der Waals surface area contributed by atoms with Gasteiger partial charge in [-0.15, -0.1) is 0 Å². The van der Waals surface area contributed by atoms with Gasteiger partial charge in [0, 0.05) is 35.8 Å². The number of nitrogens with zero attached hydrogens (tertiary/aromatic N) is 5. The highest BCUT2D eigenvalue weighted by Gasteiger charge is 2.09. The predicted molar refractivity (Wildman–Crippen MR) is 61.2 cm³/mol. The van der Waals surface area contributed by atoms with Crippen LogP contribution in [0.2, 0.25) is 0 Å². The molecule has 1 atom stereocenters. The van der Waals surface area contributed by atoms with Crippen molar-refractivity contribution < 1.29 is 4.74 Å². The van der Waals surface area contributed by atoms with Crippen molar-refractivity contribution in [2.45, 2.75) is 6.04 Å². The molecule has 0 aromatic carbocycles. The summed E-state index contributed by atoms with van der Waals surface area (Å²) in [5.74, 6) is 0.500. The van der Waals surface area contributed by atoms with Crippen LogP contribution >= 0.6 is 0 Å². The van der Waals surface area contributed by atoms with Gasteiger partial charge in [-0.25, -0.2) is 4.98 Å². The average Bonchev–Trinajstić information content (AvgIpc) is 2.39. The zero-order chi connectivity index (χ0) is 12.5. The molecule has 7 nitrogen and oxygen atoms in total. The number of rotatable bonds is 6. The molecule has 0 radical (unpaired) electrons. The third kappa shape index (κ3) is 3.99. The molecule has 1 rings (SSSR count). The second-order valence-corrected chi connectivity index (χ2v) is 3.10. The summed E-state index contributed by atoms with van der Waals surface area (Å²) in [6.45, 7) is 0.743. The molecule has 1 heterocycles. The first-order valence-electron chi connectivity index (χ1n) is 4.95. The molecule has 0 bridgehead atoms. The van der Waals surface area contributed by atoms with Crippen molar-refractivity contribution in [2.24, 2.45) is 5.11 Å². The summed E-state index contributed by atoms with van der Waals surface area (Å²) < 4.78 is 4.93. The van der Waals surface area contributed by atoms with Crippen LogP contribution in [0.15, 0.2) is 23.4 Å². The normalized spacial score (nSPS) is 11.1. The maximum atomic E-state index is 8.99. The Kier molecular flexibility index (Phi) is 5.31. The maximum Gasteiger partial charge on any atom is 0.212 e. The Labute approximate surface area is 98.7 Å². The van der Waals surface area contributed by atoms with Crippen LogP contribution in [0.25, 0.3) is 10.4 Å². The van der Waals surface area contributed by atoms with Crippen molar-refractivity contribution in [1.82, 2.24) is 10.3 Å². The van der Waals surface area contributed by atoms with Crippen LogP contribution in [0.3, 0.4) is 0 Å². The quantitative estimate of drug-likeness (QED) is 0.347. The molecule has 0 saturated carbocycles. The van der Waals surface area contributed by atoms with Crippen LogP contribution in [0, 0.1) is 11.3 Å². The summed E-state index contributed by atoms with van der Waals surface area (Å²) in [6.07, 6.45) is 1.58. The minimum atomic E-state index is -0.470. The highest BCUT2D eigenvalue weighted by Crippen LogP contribution is 2.13. The highest BCUT2D eigenvalue weighted by atomic mass is 16.5. The molecule has 1 N–H and O–H groups in total. The molecule has 0 saturated heterocycles. The fourth-order valence-electron chi connectivity index (χ4n) is 1.22. The van der Waals surface area contributed by atoms with Gasteiger partial charge in [-0.05, 0) is 11.6 Å². The van der Waals surface area contributed by atoms with Crippen LogP contribution in [0.4, 0.5) is 0 Å². The van der Waals surface area contributed by atoms with Crippen LogP contribution in [0.5, 0.6) is 5.88 Å². The van der Waals surface area contributed by atoms with Crippen molar-refractivity contribution in [1.29, 1.82) is 5.26 Å². The number of ether oxygens (including phenoxy) is 1. The molecule has 0 aliphatic heterocycles. The van der Waals surface area contributed by atoms with Crippen LogP contribution < -0.4 is 10.1 Å². The van der Waals surface area contributed by atoms with Gasteiger partial charge in [0.15, 0.2) is 0 Å². The van der Waals surface area contributed by atoms with Crippen molar-refractivity contribution in [3.63, 3.8) is 0 Å². The molecule has 0 spiro atoms. The Morgan fingerprint density at radius 1 is 1.71 bits per heavy atom. The van der Waals surface area contributed by atoms with E-state index in [1.807, 2.05) is 0 Å².